The molecule has 9 heteroatoms. The Balaban J connectivity index is 1.60. The quantitative estimate of drug-likeness (QED) is 0.630. The molecule has 2 rings (SSSR count). The minimum Gasteiger partial charge on any atom is -0.343 e. The van der Waals surface area contributed by atoms with Crippen molar-refractivity contribution in [1.29, 1.82) is 0 Å². The van der Waals surface area contributed by atoms with Gasteiger partial charge in [-0.15, -0.1) is 0 Å². The van der Waals surface area contributed by atoms with Crippen LogP contribution in [0.4, 0.5) is 19.3 Å². The molecular formula is C18H24F2N4O3. The number of carbonyl (C=O) groups excluding carboxylic acids is 3. The van der Waals surface area contributed by atoms with Crippen molar-refractivity contribution in [2.75, 3.05) is 31.5 Å². The average molecular weight is 382 g/mol. The summed E-state index contributed by atoms with van der Waals surface area (Å²) in [5.41, 5.74) is 0.100. The number of hydrogen-bond acceptors (Lipinski definition) is 3. The van der Waals surface area contributed by atoms with Crippen LogP contribution in [0.2, 0.25) is 0 Å². The number of likely N-dealkylation sites (tertiary alicyclic amines) is 1. The van der Waals surface area contributed by atoms with Gasteiger partial charge in [0, 0.05) is 37.8 Å². The summed E-state index contributed by atoms with van der Waals surface area (Å²) in [6, 6.07) is 2.47. The number of anilines is 1. The van der Waals surface area contributed by atoms with Crippen LogP contribution in [0.3, 0.4) is 0 Å². The Morgan fingerprint density at radius 1 is 1.07 bits per heavy atom. The van der Waals surface area contributed by atoms with Crippen LogP contribution < -0.4 is 16.0 Å². The van der Waals surface area contributed by atoms with E-state index in [1.807, 2.05) is 4.90 Å². The van der Waals surface area contributed by atoms with Crippen LogP contribution in [0.25, 0.3) is 0 Å². The highest BCUT2D eigenvalue weighted by Gasteiger charge is 2.15. The van der Waals surface area contributed by atoms with Crippen molar-refractivity contribution >= 4 is 23.5 Å². The predicted molar refractivity (Wildman–Crippen MR) is 96.1 cm³/mol. The molecule has 1 heterocycles. The number of hydrogen-bond donors (Lipinski definition) is 3. The largest absolute Gasteiger partial charge is 0.343 e. The number of benzene rings is 1. The first-order chi connectivity index (χ1) is 13.0. The highest BCUT2D eigenvalue weighted by molar-refractivity contribution is 5.94. The maximum Gasteiger partial charge on any atom is 0.315 e. The lowest BCUT2D eigenvalue weighted by Crippen LogP contribution is -2.41. The Morgan fingerprint density at radius 3 is 2.67 bits per heavy atom. The minimum atomic E-state index is -1.07. The Bertz CT molecular complexity index is 685. The monoisotopic (exact) mass is 382 g/mol. The molecule has 0 spiro atoms. The lowest BCUT2D eigenvalue weighted by atomic mass is 10.2. The van der Waals surface area contributed by atoms with Crippen molar-refractivity contribution in [1.82, 2.24) is 15.5 Å². The Kier molecular flexibility index (Phi) is 7.97. The van der Waals surface area contributed by atoms with E-state index in [4.69, 9.17) is 0 Å². The summed E-state index contributed by atoms with van der Waals surface area (Å²) in [6.45, 7) is 1.42. The molecule has 0 aliphatic carbocycles. The van der Waals surface area contributed by atoms with Gasteiger partial charge in [-0.05, 0) is 31.4 Å². The van der Waals surface area contributed by atoms with Gasteiger partial charge >= 0.3 is 6.03 Å². The summed E-state index contributed by atoms with van der Waals surface area (Å²) in [4.78, 5) is 37.0. The van der Waals surface area contributed by atoms with E-state index in [1.165, 1.54) is 6.07 Å². The molecule has 1 aliphatic heterocycles. The third-order valence-electron chi connectivity index (χ3n) is 4.17. The van der Waals surface area contributed by atoms with E-state index in [9.17, 15) is 23.2 Å². The average Bonchev–Trinajstić information content (AvgIpc) is 2.84. The van der Waals surface area contributed by atoms with E-state index in [-0.39, 0.29) is 18.1 Å². The van der Waals surface area contributed by atoms with Gasteiger partial charge in [0.1, 0.15) is 0 Å². The van der Waals surface area contributed by atoms with Gasteiger partial charge in [-0.2, -0.15) is 0 Å². The molecular weight excluding hydrogens is 358 g/mol. The van der Waals surface area contributed by atoms with E-state index in [2.05, 4.69) is 16.0 Å². The molecule has 0 saturated carbocycles. The number of rotatable bonds is 7. The molecule has 1 aromatic rings. The number of amides is 4. The number of nitrogens with zero attached hydrogens (tertiary/aromatic N) is 1. The minimum absolute atomic E-state index is 0.100. The number of urea groups is 1. The fourth-order valence-electron chi connectivity index (χ4n) is 2.75. The zero-order valence-corrected chi connectivity index (χ0v) is 15.0. The van der Waals surface area contributed by atoms with Crippen LogP contribution in [0.15, 0.2) is 18.2 Å². The summed E-state index contributed by atoms with van der Waals surface area (Å²) < 4.78 is 25.9. The van der Waals surface area contributed by atoms with Crippen molar-refractivity contribution in [2.24, 2.45) is 0 Å². The van der Waals surface area contributed by atoms with Crippen LogP contribution >= 0.6 is 0 Å². The smallest absolute Gasteiger partial charge is 0.315 e. The predicted octanol–water partition coefficient (Wildman–Crippen LogP) is 2.00. The highest BCUT2D eigenvalue weighted by Crippen LogP contribution is 2.13. The van der Waals surface area contributed by atoms with Crippen molar-refractivity contribution in [3.8, 4) is 0 Å². The summed E-state index contributed by atoms with van der Waals surface area (Å²) in [5.74, 6) is -2.48. The van der Waals surface area contributed by atoms with Gasteiger partial charge in [-0.1, -0.05) is 6.42 Å². The summed E-state index contributed by atoms with van der Waals surface area (Å²) in [6.07, 6.45) is 4.21. The fraction of sp³-hybridized carbons (Fsp3) is 0.500. The molecule has 3 N–H and O–H groups in total. The Labute approximate surface area is 156 Å². The zero-order chi connectivity index (χ0) is 19.6. The molecule has 0 atom stereocenters. The van der Waals surface area contributed by atoms with Gasteiger partial charge in [-0.25, -0.2) is 13.6 Å². The molecule has 148 valence electrons. The molecule has 1 fully saturated rings. The first kappa shape index (κ1) is 20.6. The Morgan fingerprint density at radius 2 is 1.89 bits per heavy atom. The lowest BCUT2D eigenvalue weighted by Gasteiger charge is -2.20. The summed E-state index contributed by atoms with van der Waals surface area (Å²) >= 11 is 0. The highest BCUT2D eigenvalue weighted by atomic mass is 19.2. The molecule has 27 heavy (non-hydrogen) atoms. The van der Waals surface area contributed by atoms with Gasteiger partial charge in [0.15, 0.2) is 11.6 Å². The van der Waals surface area contributed by atoms with E-state index in [0.717, 1.165) is 37.9 Å². The van der Waals surface area contributed by atoms with E-state index in [1.54, 1.807) is 0 Å². The standard InChI is InChI=1S/C18H24F2N4O3/c19-14-7-6-13(11-15(14)20)23-16(25)12-22-18(27)21-8-4-10-24-9-3-1-2-5-17(24)26/h6-7,11H,1-5,8-10,12H2,(H,23,25)(H2,21,22,27). The van der Waals surface area contributed by atoms with Crippen LogP contribution in [-0.2, 0) is 9.59 Å². The van der Waals surface area contributed by atoms with Gasteiger partial charge < -0.3 is 20.9 Å². The van der Waals surface area contributed by atoms with E-state index >= 15 is 0 Å². The summed E-state index contributed by atoms with van der Waals surface area (Å²) in [7, 11) is 0. The normalized spacial score (nSPS) is 14.4. The molecule has 1 aliphatic rings. The van der Waals surface area contributed by atoms with Crippen molar-refractivity contribution in [2.45, 2.75) is 32.1 Å². The first-order valence-electron chi connectivity index (χ1n) is 9.00. The van der Waals surface area contributed by atoms with Gasteiger partial charge in [0.05, 0.1) is 6.54 Å². The van der Waals surface area contributed by atoms with Crippen molar-refractivity contribution in [3.63, 3.8) is 0 Å². The second kappa shape index (κ2) is 10.4. The zero-order valence-electron chi connectivity index (χ0n) is 15.0. The van der Waals surface area contributed by atoms with Gasteiger partial charge in [0.25, 0.3) is 0 Å². The molecule has 0 aromatic heterocycles. The number of carbonyl (C=O) groups is 3. The third kappa shape index (κ3) is 7.20. The van der Waals surface area contributed by atoms with Crippen molar-refractivity contribution < 1.29 is 23.2 Å². The molecule has 1 aromatic carbocycles. The first-order valence-corrected chi connectivity index (χ1v) is 9.00. The Hall–Kier alpha value is -2.71. The number of nitrogens with one attached hydrogen (secondary N) is 3. The SMILES string of the molecule is O=C(CNC(=O)NCCCN1CCCCCC1=O)Nc1ccc(F)c(F)c1. The van der Waals surface area contributed by atoms with E-state index in [0.29, 0.717) is 25.9 Å². The maximum absolute atomic E-state index is 13.1. The molecule has 0 radical (unpaired) electrons. The molecule has 7 nitrogen and oxygen atoms in total. The van der Waals surface area contributed by atoms with Crippen molar-refractivity contribution in [3.05, 3.63) is 29.8 Å². The van der Waals surface area contributed by atoms with E-state index < -0.39 is 23.6 Å². The third-order valence-corrected chi connectivity index (χ3v) is 4.17. The topological polar surface area (TPSA) is 90.5 Å². The summed E-state index contributed by atoms with van der Waals surface area (Å²) in [5, 5.41) is 7.34. The lowest BCUT2D eigenvalue weighted by molar-refractivity contribution is -0.130. The second-order valence-electron chi connectivity index (χ2n) is 6.33. The molecule has 0 unspecified atom stereocenters. The fourth-order valence-corrected chi connectivity index (χ4v) is 2.75. The van der Waals surface area contributed by atoms with Crippen LogP contribution in [0.5, 0.6) is 0 Å². The number of halogens is 2. The molecule has 1 saturated heterocycles. The van der Waals surface area contributed by atoms with Crippen LogP contribution in [0.1, 0.15) is 32.1 Å². The molecule has 0 bridgehead atoms. The maximum atomic E-state index is 13.1. The van der Waals surface area contributed by atoms with Gasteiger partial charge in [-0.3, -0.25) is 9.59 Å². The van der Waals surface area contributed by atoms with Crippen LogP contribution in [-0.4, -0.2) is 48.9 Å². The van der Waals surface area contributed by atoms with Crippen LogP contribution in [0, 0.1) is 11.6 Å². The molecule has 4 amide bonds. The second-order valence-corrected chi connectivity index (χ2v) is 6.33. The van der Waals surface area contributed by atoms with Gasteiger partial charge in [0.2, 0.25) is 11.8 Å².